The minimum Gasteiger partial charge on any atom is -0.374 e. The lowest BCUT2D eigenvalue weighted by molar-refractivity contribution is -0.0459. The van der Waals surface area contributed by atoms with E-state index in [1.54, 1.807) is 0 Å². The van der Waals surface area contributed by atoms with Crippen LogP contribution < -0.4 is 5.32 Å². The molecule has 2 atom stereocenters. The fourth-order valence-corrected chi connectivity index (χ4v) is 2.98. The molecular formula is C17H28N2O. The summed E-state index contributed by atoms with van der Waals surface area (Å²) in [7, 11) is 2.03. The summed E-state index contributed by atoms with van der Waals surface area (Å²) in [4.78, 5) is 2.51. The van der Waals surface area contributed by atoms with Crippen molar-refractivity contribution in [2.45, 2.75) is 38.8 Å². The van der Waals surface area contributed by atoms with Gasteiger partial charge in [-0.2, -0.15) is 0 Å². The van der Waals surface area contributed by atoms with Crippen LogP contribution in [0.4, 0.5) is 0 Å². The van der Waals surface area contributed by atoms with Crippen LogP contribution in [0.5, 0.6) is 0 Å². The van der Waals surface area contributed by atoms with Crippen LogP contribution in [0.25, 0.3) is 0 Å². The second-order valence-corrected chi connectivity index (χ2v) is 5.57. The highest BCUT2D eigenvalue weighted by Crippen LogP contribution is 2.23. The molecule has 1 heterocycles. The zero-order chi connectivity index (χ0) is 14.4. The van der Waals surface area contributed by atoms with Gasteiger partial charge < -0.3 is 10.1 Å². The Hall–Kier alpha value is -0.900. The van der Waals surface area contributed by atoms with Crippen LogP contribution in [0.1, 0.15) is 37.4 Å². The fourth-order valence-electron chi connectivity index (χ4n) is 2.98. The Morgan fingerprint density at radius 2 is 2.05 bits per heavy atom. The predicted molar refractivity (Wildman–Crippen MR) is 84.1 cm³/mol. The second-order valence-electron chi connectivity index (χ2n) is 5.57. The molecule has 0 aliphatic carbocycles. The topological polar surface area (TPSA) is 24.5 Å². The van der Waals surface area contributed by atoms with Crippen LogP contribution in [0.15, 0.2) is 24.3 Å². The van der Waals surface area contributed by atoms with Crippen LogP contribution in [0.2, 0.25) is 0 Å². The molecule has 1 aromatic rings. The summed E-state index contributed by atoms with van der Waals surface area (Å²) < 4.78 is 6.01. The molecule has 0 radical (unpaired) electrons. The molecule has 0 aromatic heterocycles. The van der Waals surface area contributed by atoms with Gasteiger partial charge in [0.05, 0.1) is 18.8 Å². The number of benzene rings is 1. The molecule has 1 aliphatic heterocycles. The van der Waals surface area contributed by atoms with Gasteiger partial charge in [0.2, 0.25) is 0 Å². The van der Waals surface area contributed by atoms with Crippen LogP contribution in [0.3, 0.4) is 0 Å². The van der Waals surface area contributed by atoms with Gasteiger partial charge >= 0.3 is 0 Å². The van der Waals surface area contributed by atoms with Gasteiger partial charge in [-0.1, -0.05) is 38.1 Å². The second kappa shape index (κ2) is 7.77. The highest BCUT2D eigenvalue weighted by atomic mass is 16.5. The molecule has 20 heavy (non-hydrogen) atoms. The van der Waals surface area contributed by atoms with Crippen LogP contribution in [0, 0.1) is 0 Å². The van der Waals surface area contributed by atoms with E-state index < -0.39 is 0 Å². The van der Waals surface area contributed by atoms with Crippen molar-refractivity contribution in [1.82, 2.24) is 10.2 Å². The van der Waals surface area contributed by atoms with E-state index in [1.807, 2.05) is 7.05 Å². The Morgan fingerprint density at radius 1 is 1.30 bits per heavy atom. The van der Waals surface area contributed by atoms with Gasteiger partial charge in [-0.3, -0.25) is 4.90 Å². The third-order valence-corrected chi connectivity index (χ3v) is 4.15. The molecule has 0 amide bonds. The van der Waals surface area contributed by atoms with Crippen molar-refractivity contribution >= 4 is 0 Å². The lowest BCUT2D eigenvalue weighted by Crippen LogP contribution is -2.47. The summed E-state index contributed by atoms with van der Waals surface area (Å²) in [5.41, 5.74) is 2.72. The number of rotatable bonds is 6. The van der Waals surface area contributed by atoms with Gasteiger partial charge in [0.25, 0.3) is 0 Å². The first-order valence-corrected chi connectivity index (χ1v) is 7.88. The Kier molecular flexibility index (Phi) is 6.02. The fraction of sp³-hybridized carbons (Fsp3) is 0.647. The molecule has 2 rings (SSSR count). The monoisotopic (exact) mass is 276 g/mol. The van der Waals surface area contributed by atoms with E-state index in [2.05, 4.69) is 48.3 Å². The van der Waals surface area contributed by atoms with Gasteiger partial charge in [0, 0.05) is 13.1 Å². The van der Waals surface area contributed by atoms with E-state index in [-0.39, 0.29) is 12.1 Å². The van der Waals surface area contributed by atoms with E-state index in [9.17, 15) is 0 Å². The van der Waals surface area contributed by atoms with Gasteiger partial charge in [0.1, 0.15) is 0 Å². The minimum absolute atomic E-state index is 0.243. The van der Waals surface area contributed by atoms with Crippen molar-refractivity contribution in [1.29, 1.82) is 0 Å². The molecular weight excluding hydrogens is 248 g/mol. The van der Waals surface area contributed by atoms with E-state index in [0.29, 0.717) is 0 Å². The third-order valence-electron chi connectivity index (χ3n) is 4.15. The standard InChI is InChI=1S/C17H28N2O/c1-4-10-19-11-12-20-16(13-19)17(18-3)15-8-6-14(5-2)7-9-15/h6-9,16-18H,4-5,10-13H2,1-3H3. The highest BCUT2D eigenvalue weighted by molar-refractivity contribution is 5.26. The Balaban J connectivity index is 2.06. The molecule has 1 N–H and O–H groups in total. The van der Waals surface area contributed by atoms with Crippen molar-refractivity contribution in [2.24, 2.45) is 0 Å². The van der Waals surface area contributed by atoms with Crippen LogP contribution in [-0.2, 0) is 11.2 Å². The highest BCUT2D eigenvalue weighted by Gasteiger charge is 2.27. The van der Waals surface area contributed by atoms with E-state index in [0.717, 1.165) is 26.1 Å². The predicted octanol–water partition coefficient (Wildman–Crippen LogP) is 2.62. The quantitative estimate of drug-likeness (QED) is 0.864. The number of ether oxygens (including phenoxy) is 1. The van der Waals surface area contributed by atoms with Crippen molar-refractivity contribution in [3.05, 3.63) is 35.4 Å². The molecule has 0 saturated carbocycles. The number of aryl methyl sites for hydroxylation is 1. The van der Waals surface area contributed by atoms with Crippen molar-refractivity contribution < 1.29 is 4.74 Å². The van der Waals surface area contributed by atoms with E-state index in [4.69, 9.17) is 4.74 Å². The molecule has 1 fully saturated rings. The first kappa shape index (κ1) is 15.5. The molecule has 3 nitrogen and oxygen atoms in total. The SMILES string of the molecule is CCCN1CCOC(C(NC)c2ccc(CC)cc2)C1. The molecule has 3 heteroatoms. The van der Waals surface area contributed by atoms with Crippen molar-refractivity contribution in [3.63, 3.8) is 0 Å². The number of hydrogen-bond donors (Lipinski definition) is 1. The molecule has 0 bridgehead atoms. The molecule has 0 spiro atoms. The first-order valence-electron chi connectivity index (χ1n) is 7.88. The number of likely N-dealkylation sites (N-methyl/N-ethyl adjacent to an activating group) is 1. The Labute approximate surface area is 123 Å². The average molecular weight is 276 g/mol. The lowest BCUT2D eigenvalue weighted by atomic mass is 9.98. The largest absolute Gasteiger partial charge is 0.374 e. The van der Waals surface area contributed by atoms with Gasteiger partial charge in [-0.15, -0.1) is 0 Å². The molecule has 1 aliphatic rings. The minimum atomic E-state index is 0.243. The molecule has 2 unspecified atom stereocenters. The zero-order valence-corrected chi connectivity index (χ0v) is 13.1. The van der Waals surface area contributed by atoms with Crippen molar-refractivity contribution in [2.75, 3.05) is 33.3 Å². The van der Waals surface area contributed by atoms with Crippen LogP contribution >= 0.6 is 0 Å². The summed E-state index contributed by atoms with van der Waals surface area (Å²) in [5, 5.41) is 3.44. The maximum atomic E-state index is 6.01. The molecule has 112 valence electrons. The van der Waals surface area contributed by atoms with Gasteiger partial charge in [-0.25, -0.2) is 0 Å². The number of nitrogens with zero attached hydrogens (tertiary/aromatic N) is 1. The summed E-state index contributed by atoms with van der Waals surface area (Å²) in [6, 6.07) is 9.21. The Bertz CT molecular complexity index is 388. The number of morpholine rings is 1. The van der Waals surface area contributed by atoms with Crippen LogP contribution in [-0.4, -0.2) is 44.3 Å². The lowest BCUT2D eigenvalue weighted by Gasteiger charge is -2.37. The first-order chi connectivity index (χ1) is 9.78. The molecule has 1 saturated heterocycles. The average Bonchev–Trinajstić information content (AvgIpc) is 2.49. The van der Waals surface area contributed by atoms with Gasteiger partial charge in [0.15, 0.2) is 0 Å². The molecule has 1 aromatic carbocycles. The van der Waals surface area contributed by atoms with E-state index in [1.165, 1.54) is 24.1 Å². The zero-order valence-electron chi connectivity index (χ0n) is 13.1. The van der Waals surface area contributed by atoms with Crippen molar-refractivity contribution in [3.8, 4) is 0 Å². The summed E-state index contributed by atoms with van der Waals surface area (Å²) in [6.45, 7) is 8.53. The Morgan fingerprint density at radius 3 is 2.65 bits per heavy atom. The van der Waals surface area contributed by atoms with E-state index >= 15 is 0 Å². The maximum absolute atomic E-state index is 6.01. The summed E-state index contributed by atoms with van der Waals surface area (Å²) in [6.07, 6.45) is 2.55. The summed E-state index contributed by atoms with van der Waals surface area (Å²) >= 11 is 0. The third kappa shape index (κ3) is 3.81. The van der Waals surface area contributed by atoms with Gasteiger partial charge in [-0.05, 0) is 37.6 Å². The maximum Gasteiger partial charge on any atom is 0.0896 e. The number of nitrogens with one attached hydrogen (secondary N) is 1. The normalized spacial score (nSPS) is 21.9. The number of hydrogen-bond acceptors (Lipinski definition) is 3. The summed E-state index contributed by atoms with van der Waals surface area (Å²) in [5.74, 6) is 0. The smallest absolute Gasteiger partial charge is 0.0896 e.